The second kappa shape index (κ2) is 4.58. The van der Waals surface area contributed by atoms with Gasteiger partial charge in [0.15, 0.2) is 5.82 Å². The summed E-state index contributed by atoms with van der Waals surface area (Å²) in [6, 6.07) is 7.36. The number of nitriles is 1. The van der Waals surface area contributed by atoms with Gasteiger partial charge in [0.25, 0.3) is 0 Å². The molecule has 0 fully saturated rings. The number of rotatable bonds is 3. The zero-order valence-electron chi connectivity index (χ0n) is 9.40. The van der Waals surface area contributed by atoms with Gasteiger partial charge in [0.05, 0.1) is 17.8 Å². The molecule has 17 heavy (non-hydrogen) atoms. The van der Waals surface area contributed by atoms with Crippen molar-refractivity contribution < 1.29 is 4.42 Å². The fourth-order valence-corrected chi connectivity index (χ4v) is 1.46. The van der Waals surface area contributed by atoms with Crippen molar-refractivity contribution in [2.45, 2.75) is 13.5 Å². The van der Waals surface area contributed by atoms with Gasteiger partial charge in [0, 0.05) is 6.20 Å². The fourth-order valence-electron chi connectivity index (χ4n) is 1.46. The minimum absolute atomic E-state index is 0.360. The lowest BCUT2D eigenvalue weighted by atomic mass is 10.2. The summed E-state index contributed by atoms with van der Waals surface area (Å²) in [6.07, 6.45) is 1.55. The second-order valence-electron chi connectivity index (χ2n) is 3.60. The first-order valence-electron chi connectivity index (χ1n) is 5.14. The van der Waals surface area contributed by atoms with Crippen LogP contribution in [0, 0.1) is 18.3 Å². The van der Waals surface area contributed by atoms with E-state index in [1.54, 1.807) is 12.3 Å². The van der Waals surface area contributed by atoms with Crippen LogP contribution in [0.2, 0.25) is 0 Å². The highest BCUT2D eigenvalue weighted by molar-refractivity contribution is 5.68. The van der Waals surface area contributed by atoms with E-state index in [2.05, 4.69) is 10.3 Å². The molecule has 0 aliphatic heterocycles. The molecule has 0 aliphatic rings. The van der Waals surface area contributed by atoms with Crippen LogP contribution in [0.4, 0.5) is 11.5 Å². The summed E-state index contributed by atoms with van der Waals surface area (Å²) in [7, 11) is 0. The number of anilines is 2. The Kier molecular flexibility index (Phi) is 2.97. The molecule has 0 saturated heterocycles. The van der Waals surface area contributed by atoms with Gasteiger partial charge in [-0.1, -0.05) is 0 Å². The van der Waals surface area contributed by atoms with E-state index >= 15 is 0 Å². The van der Waals surface area contributed by atoms with Crippen molar-refractivity contribution in [2.24, 2.45) is 0 Å². The van der Waals surface area contributed by atoms with Crippen LogP contribution >= 0.6 is 0 Å². The van der Waals surface area contributed by atoms with Crippen LogP contribution < -0.4 is 11.1 Å². The SMILES string of the molecule is Cc1ccc(CNc2nccc(C#N)c2N)o1. The minimum atomic E-state index is 0.360. The maximum Gasteiger partial charge on any atom is 0.150 e. The summed E-state index contributed by atoms with van der Waals surface area (Å²) in [5, 5.41) is 11.9. The van der Waals surface area contributed by atoms with Crippen molar-refractivity contribution in [2.75, 3.05) is 11.1 Å². The summed E-state index contributed by atoms with van der Waals surface area (Å²) < 4.78 is 5.41. The molecule has 0 bridgehead atoms. The number of nitrogens with one attached hydrogen (secondary N) is 1. The van der Waals surface area contributed by atoms with Crippen LogP contribution in [0.5, 0.6) is 0 Å². The predicted molar refractivity (Wildman–Crippen MR) is 64.1 cm³/mol. The Hall–Kier alpha value is -2.48. The second-order valence-corrected chi connectivity index (χ2v) is 3.60. The molecule has 2 heterocycles. The molecule has 0 unspecified atom stereocenters. The smallest absolute Gasteiger partial charge is 0.150 e. The van der Waals surface area contributed by atoms with Crippen molar-refractivity contribution >= 4 is 11.5 Å². The lowest BCUT2D eigenvalue weighted by Crippen LogP contribution is -2.05. The first kappa shape index (κ1) is 11.0. The first-order valence-corrected chi connectivity index (χ1v) is 5.14. The van der Waals surface area contributed by atoms with Gasteiger partial charge in [-0.3, -0.25) is 0 Å². The number of nitrogens with zero attached hydrogens (tertiary/aromatic N) is 2. The third-order valence-electron chi connectivity index (χ3n) is 2.34. The number of aromatic nitrogens is 1. The molecule has 0 aliphatic carbocycles. The number of hydrogen-bond donors (Lipinski definition) is 2. The Morgan fingerprint density at radius 1 is 1.47 bits per heavy atom. The van der Waals surface area contributed by atoms with E-state index in [9.17, 15) is 0 Å². The zero-order valence-corrected chi connectivity index (χ0v) is 9.40. The molecular formula is C12H12N4O. The predicted octanol–water partition coefficient (Wildman–Crippen LogP) is 2.05. The van der Waals surface area contributed by atoms with Crippen molar-refractivity contribution in [3.8, 4) is 6.07 Å². The summed E-state index contributed by atoms with van der Waals surface area (Å²) >= 11 is 0. The van der Waals surface area contributed by atoms with Crippen LogP contribution in [0.3, 0.4) is 0 Å². The van der Waals surface area contributed by atoms with E-state index in [0.717, 1.165) is 11.5 Å². The van der Waals surface area contributed by atoms with Gasteiger partial charge in [0.1, 0.15) is 17.6 Å². The van der Waals surface area contributed by atoms with Gasteiger partial charge in [-0.25, -0.2) is 4.98 Å². The Morgan fingerprint density at radius 2 is 2.29 bits per heavy atom. The van der Waals surface area contributed by atoms with Gasteiger partial charge in [-0.2, -0.15) is 5.26 Å². The van der Waals surface area contributed by atoms with Gasteiger partial charge < -0.3 is 15.5 Å². The average molecular weight is 228 g/mol. The van der Waals surface area contributed by atoms with Crippen LogP contribution in [0.25, 0.3) is 0 Å². The molecule has 0 amide bonds. The lowest BCUT2D eigenvalue weighted by molar-refractivity contribution is 0.490. The van der Waals surface area contributed by atoms with Crippen molar-refractivity contribution in [1.29, 1.82) is 5.26 Å². The monoisotopic (exact) mass is 228 g/mol. The first-order chi connectivity index (χ1) is 8.20. The highest BCUT2D eigenvalue weighted by Crippen LogP contribution is 2.19. The van der Waals surface area contributed by atoms with Crippen LogP contribution in [-0.4, -0.2) is 4.98 Å². The number of pyridine rings is 1. The van der Waals surface area contributed by atoms with Crippen molar-refractivity contribution in [1.82, 2.24) is 4.98 Å². The van der Waals surface area contributed by atoms with Gasteiger partial charge in [0.2, 0.25) is 0 Å². The van der Waals surface area contributed by atoms with E-state index in [4.69, 9.17) is 15.4 Å². The van der Waals surface area contributed by atoms with E-state index in [1.807, 2.05) is 25.1 Å². The third kappa shape index (κ3) is 2.37. The fraction of sp³-hybridized carbons (Fsp3) is 0.167. The summed E-state index contributed by atoms with van der Waals surface area (Å²) in [6.45, 7) is 2.37. The number of nitrogens with two attached hydrogens (primary N) is 1. The Bertz CT molecular complexity index is 568. The topological polar surface area (TPSA) is 87.9 Å². The molecule has 2 aromatic rings. The van der Waals surface area contributed by atoms with E-state index < -0.39 is 0 Å². The standard InChI is InChI=1S/C12H12N4O/c1-8-2-3-10(17-8)7-16-12-11(14)9(6-13)4-5-15-12/h2-5H,7,14H2,1H3,(H,15,16). The molecule has 5 nitrogen and oxygen atoms in total. The molecule has 0 spiro atoms. The van der Waals surface area contributed by atoms with E-state index in [-0.39, 0.29) is 0 Å². The number of nitrogen functional groups attached to an aromatic ring is 1. The highest BCUT2D eigenvalue weighted by atomic mass is 16.3. The zero-order chi connectivity index (χ0) is 12.3. The quantitative estimate of drug-likeness (QED) is 0.839. The molecule has 2 aromatic heterocycles. The summed E-state index contributed by atoms with van der Waals surface area (Å²) in [5.41, 5.74) is 6.56. The number of furan rings is 1. The summed E-state index contributed by atoms with van der Waals surface area (Å²) in [5.74, 6) is 2.15. The molecule has 0 saturated carbocycles. The molecule has 0 radical (unpaired) electrons. The van der Waals surface area contributed by atoms with Crippen molar-refractivity contribution in [3.05, 3.63) is 41.5 Å². The minimum Gasteiger partial charge on any atom is -0.465 e. The molecule has 2 rings (SSSR count). The molecule has 0 aromatic carbocycles. The molecule has 0 atom stereocenters. The van der Waals surface area contributed by atoms with Crippen LogP contribution in [0.1, 0.15) is 17.1 Å². The Balaban J connectivity index is 2.12. The van der Waals surface area contributed by atoms with Crippen LogP contribution in [-0.2, 0) is 6.54 Å². The maximum absolute atomic E-state index is 8.83. The highest BCUT2D eigenvalue weighted by Gasteiger charge is 2.06. The summed E-state index contributed by atoms with van der Waals surface area (Å²) in [4.78, 5) is 4.08. The Labute approximate surface area is 98.9 Å². The van der Waals surface area contributed by atoms with Crippen molar-refractivity contribution in [3.63, 3.8) is 0 Å². The normalized spacial score (nSPS) is 9.88. The third-order valence-corrected chi connectivity index (χ3v) is 2.34. The average Bonchev–Trinajstić information content (AvgIpc) is 2.74. The molecule has 3 N–H and O–H groups in total. The van der Waals surface area contributed by atoms with Crippen LogP contribution in [0.15, 0.2) is 28.8 Å². The van der Waals surface area contributed by atoms with Gasteiger partial charge in [-0.05, 0) is 25.1 Å². The van der Waals surface area contributed by atoms with E-state index in [1.165, 1.54) is 0 Å². The van der Waals surface area contributed by atoms with Gasteiger partial charge in [-0.15, -0.1) is 0 Å². The molecular weight excluding hydrogens is 216 g/mol. The van der Waals surface area contributed by atoms with E-state index in [0.29, 0.717) is 23.6 Å². The molecule has 86 valence electrons. The Morgan fingerprint density at radius 3 is 2.94 bits per heavy atom. The lowest BCUT2D eigenvalue weighted by Gasteiger charge is -2.07. The number of aryl methyl sites for hydroxylation is 1. The maximum atomic E-state index is 8.83. The number of hydrogen-bond acceptors (Lipinski definition) is 5. The van der Waals surface area contributed by atoms with Gasteiger partial charge >= 0.3 is 0 Å². The molecule has 5 heteroatoms. The largest absolute Gasteiger partial charge is 0.465 e.